The lowest BCUT2D eigenvalue weighted by Gasteiger charge is -2.15. The van der Waals surface area contributed by atoms with E-state index in [0.29, 0.717) is 19.0 Å². The van der Waals surface area contributed by atoms with Crippen LogP contribution in [0.2, 0.25) is 5.28 Å². The first-order valence-electron chi connectivity index (χ1n) is 6.09. The Labute approximate surface area is 116 Å². The van der Waals surface area contributed by atoms with Crippen LogP contribution in [-0.2, 0) is 0 Å². The van der Waals surface area contributed by atoms with Crippen molar-refractivity contribution < 1.29 is 9.47 Å². The molecule has 2 heterocycles. The normalized spacial score (nSPS) is 14.3. The molecule has 1 aromatic heterocycles. The lowest BCUT2D eigenvalue weighted by atomic mass is 10.2. The SMILES string of the molecule is CN(C)c1nc(Cl)nc2cc3c(cc12)OCCCO3. The predicted molar refractivity (Wildman–Crippen MR) is 74.5 cm³/mol. The minimum Gasteiger partial charge on any atom is -0.490 e. The van der Waals surface area contributed by atoms with Gasteiger partial charge >= 0.3 is 0 Å². The third-order valence-electron chi connectivity index (χ3n) is 2.94. The first-order chi connectivity index (χ1) is 9.15. The molecule has 0 saturated carbocycles. The molecule has 0 radical (unpaired) electrons. The van der Waals surface area contributed by atoms with E-state index in [-0.39, 0.29) is 5.28 Å². The molecule has 19 heavy (non-hydrogen) atoms. The van der Waals surface area contributed by atoms with Crippen LogP contribution in [0.1, 0.15) is 6.42 Å². The number of hydrogen-bond donors (Lipinski definition) is 0. The molecule has 5 nitrogen and oxygen atoms in total. The van der Waals surface area contributed by atoms with Crippen molar-refractivity contribution in [2.75, 3.05) is 32.2 Å². The first-order valence-corrected chi connectivity index (χ1v) is 6.47. The van der Waals surface area contributed by atoms with Crippen LogP contribution in [0.15, 0.2) is 12.1 Å². The van der Waals surface area contributed by atoms with Crippen molar-refractivity contribution in [3.63, 3.8) is 0 Å². The lowest BCUT2D eigenvalue weighted by molar-refractivity contribution is 0.297. The van der Waals surface area contributed by atoms with Crippen LogP contribution in [0, 0.1) is 0 Å². The molecule has 0 unspecified atom stereocenters. The molecule has 2 aromatic rings. The number of aromatic nitrogens is 2. The molecule has 0 saturated heterocycles. The Morgan fingerprint density at radius 2 is 1.79 bits per heavy atom. The van der Waals surface area contributed by atoms with E-state index in [2.05, 4.69) is 9.97 Å². The zero-order chi connectivity index (χ0) is 13.4. The maximum Gasteiger partial charge on any atom is 0.224 e. The summed E-state index contributed by atoms with van der Waals surface area (Å²) in [6.45, 7) is 1.31. The summed E-state index contributed by atoms with van der Waals surface area (Å²) in [4.78, 5) is 10.4. The molecule has 0 fully saturated rings. The fourth-order valence-corrected chi connectivity index (χ4v) is 2.25. The number of ether oxygens (including phenoxy) is 2. The van der Waals surface area contributed by atoms with Gasteiger partial charge in [-0.05, 0) is 17.7 Å². The molecule has 0 spiro atoms. The van der Waals surface area contributed by atoms with Gasteiger partial charge in [-0.2, -0.15) is 4.98 Å². The van der Waals surface area contributed by atoms with E-state index in [1.54, 1.807) is 0 Å². The van der Waals surface area contributed by atoms with Crippen LogP contribution < -0.4 is 14.4 Å². The summed E-state index contributed by atoms with van der Waals surface area (Å²) in [6.07, 6.45) is 0.873. The van der Waals surface area contributed by atoms with Gasteiger partial charge in [0, 0.05) is 32.0 Å². The second-order valence-electron chi connectivity index (χ2n) is 4.58. The van der Waals surface area contributed by atoms with Gasteiger partial charge in [-0.15, -0.1) is 0 Å². The summed E-state index contributed by atoms with van der Waals surface area (Å²) >= 11 is 5.96. The Morgan fingerprint density at radius 3 is 2.47 bits per heavy atom. The molecule has 0 amide bonds. The van der Waals surface area contributed by atoms with Gasteiger partial charge in [0.05, 0.1) is 18.7 Å². The molecule has 1 aliphatic rings. The Morgan fingerprint density at radius 1 is 1.11 bits per heavy atom. The van der Waals surface area contributed by atoms with Crippen LogP contribution in [0.4, 0.5) is 5.82 Å². The summed E-state index contributed by atoms with van der Waals surface area (Å²) in [5, 5.41) is 1.13. The standard InChI is InChI=1S/C13H14ClN3O2/c1-17(2)12-8-6-10-11(19-5-3-4-18-10)7-9(8)15-13(14)16-12/h6-7H,3-5H2,1-2H3. The van der Waals surface area contributed by atoms with Crippen LogP contribution in [0.3, 0.4) is 0 Å². The van der Waals surface area contributed by atoms with Crippen LogP contribution in [0.5, 0.6) is 11.5 Å². The smallest absolute Gasteiger partial charge is 0.224 e. The fraction of sp³-hybridized carbons (Fsp3) is 0.385. The van der Waals surface area contributed by atoms with E-state index in [4.69, 9.17) is 21.1 Å². The summed E-state index contributed by atoms with van der Waals surface area (Å²) in [6, 6.07) is 3.78. The van der Waals surface area contributed by atoms with Gasteiger partial charge in [-0.3, -0.25) is 0 Å². The Kier molecular flexibility index (Phi) is 3.06. The van der Waals surface area contributed by atoms with Crippen molar-refractivity contribution in [1.82, 2.24) is 9.97 Å². The number of benzene rings is 1. The van der Waals surface area contributed by atoms with Crippen molar-refractivity contribution in [3.05, 3.63) is 17.4 Å². The van der Waals surface area contributed by atoms with Crippen molar-refractivity contribution in [1.29, 1.82) is 0 Å². The predicted octanol–water partition coefficient (Wildman–Crippen LogP) is 2.51. The molecule has 3 rings (SSSR count). The molecule has 0 N–H and O–H groups in total. The molecular weight excluding hydrogens is 266 g/mol. The minimum absolute atomic E-state index is 0.227. The van der Waals surface area contributed by atoms with Crippen molar-refractivity contribution in [2.45, 2.75) is 6.42 Å². The van der Waals surface area contributed by atoms with Gasteiger partial charge in [0.2, 0.25) is 5.28 Å². The van der Waals surface area contributed by atoms with Crippen molar-refractivity contribution >= 4 is 28.3 Å². The number of rotatable bonds is 1. The Hall–Kier alpha value is -1.75. The number of fused-ring (bicyclic) bond motifs is 2. The number of anilines is 1. The van der Waals surface area contributed by atoms with Gasteiger partial charge < -0.3 is 14.4 Å². The van der Waals surface area contributed by atoms with Gasteiger partial charge in [0.1, 0.15) is 5.82 Å². The van der Waals surface area contributed by atoms with E-state index in [9.17, 15) is 0 Å². The summed E-state index contributed by atoms with van der Waals surface area (Å²) in [5.74, 6) is 2.22. The number of nitrogens with zero attached hydrogens (tertiary/aromatic N) is 3. The summed E-state index contributed by atoms with van der Waals surface area (Å²) < 4.78 is 11.3. The maximum absolute atomic E-state index is 5.96. The largest absolute Gasteiger partial charge is 0.490 e. The Balaban J connectivity index is 2.25. The van der Waals surface area contributed by atoms with E-state index in [1.807, 2.05) is 31.1 Å². The number of hydrogen-bond acceptors (Lipinski definition) is 5. The molecule has 100 valence electrons. The summed E-state index contributed by atoms with van der Waals surface area (Å²) in [5.41, 5.74) is 0.757. The Bertz CT molecular complexity index is 631. The molecule has 0 bridgehead atoms. The van der Waals surface area contributed by atoms with Crippen LogP contribution in [-0.4, -0.2) is 37.3 Å². The van der Waals surface area contributed by atoms with E-state index in [1.165, 1.54) is 0 Å². The highest BCUT2D eigenvalue weighted by Gasteiger charge is 2.16. The molecule has 6 heteroatoms. The van der Waals surface area contributed by atoms with E-state index >= 15 is 0 Å². The molecule has 0 aliphatic carbocycles. The zero-order valence-corrected chi connectivity index (χ0v) is 11.6. The second kappa shape index (κ2) is 4.74. The van der Waals surface area contributed by atoms with Gasteiger partial charge in [-0.1, -0.05) is 0 Å². The quantitative estimate of drug-likeness (QED) is 0.751. The molecule has 0 atom stereocenters. The highest BCUT2D eigenvalue weighted by atomic mass is 35.5. The van der Waals surface area contributed by atoms with Crippen molar-refractivity contribution in [3.8, 4) is 11.5 Å². The highest BCUT2D eigenvalue weighted by molar-refractivity contribution is 6.28. The zero-order valence-electron chi connectivity index (χ0n) is 10.8. The van der Waals surface area contributed by atoms with E-state index in [0.717, 1.165) is 28.9 Å². The minimum atomic E-state index is 0.227. The molecule has 1 aromatic carbocycles. The highest BCUT2D eigenvalue weighted by Crippen LogP contribution is 2.36. The van der Waals surface area contributed by atoms with E-state index < -0.39 is 0 Å². The monoisotopic (exact) mass is 279 g/mol. The molecule has 1 aliphatic heterocycles. The third-order valence-corrected chi connectivity index (χ3v) is 3.11. The lowest BCUT2D eigenvalue weighted by Crippen LogP contribution is -2.12. The molecular formula is C13H14ClN3O2. The average molecular weight is 280 g/mol. The van der Waals surface area contributed by atoms with Gasteiger partial charge in [0.15, 0.2) is 11.5 Å². The van der Waals surface area contributed by atoms with Crippen LogP contribution >= 0.6 is 11.6 Å². The van der Waals surface area contributed by atoms with Crippen LogP contribution in [0.25, 0.3) is 10.9 Å². The average Bonchev–Trinajstić information content (AvgIpc) is 2.59. The topological polar surface area (TPSA) is 47.5 Å². The summed E-state index contributed by atoms with van der Waals surface area (Å²) in [7, 11) is 3.84. The third kappa shape index (κ3) is 2.26. The van der Waals surface area contributed by atoms with Crippen molar-refractivity contribution in [2.24, 2.45) is 0 Å². The maximum atomic E-state index is 5.96. The van der Waals surface area contributed by atoms with Gasteiger partial charge in [0.25, 0.3) is 0 Å². The first kappa shape index (κ1) is 12.3. The van der Waals surface area contributed by atoms with Gasteiger partial charge in [-0.25, -0.2) is 4.98 Å². The number of halogens is 1. The fourth-order valence-electron chi connectivity index (χ4n) is 2.08. The second-order valence-corrected chi connectivity index (χ2v) is 4.92.